The van der Waals surface area contributed by atoms with E-state index in [9.17, 15) is 4.79 Å². The Kier molecular flexibility index (Phi) is 4.17. The van der Waals surface area contributed by atoms with Crippen molar-refractivity contribution < 1.29 is 9.53 Å². The van der Waals surface area contributed by atoms with E-state index in [1.807, 2.05) is 18.2 Å². The number of piperidine rings is 1. The average Bonchev–Trinajstić information content (AvgIpc) is 3.20. The fourth-order valence-corrected chi connectivity index (χ4v) is 3.77. The summed E-state index contributed by atoms with van der Waals surface area (Å²) in [6.07, 6.45) is 2.21. The minimum absolute atomic E-state index is 0.0168. The number of carbonyl (C=O) groups is 1. The molecule has 24 heavy (non-hydrogen) atoms. The summed E-state index contributed by atoms with van der Waals surface area (Å²) in [5.74, 6) is 1.81. The number of benzene rings is 2. The molecule has 1 saturated carbocycles. The van der Waals surface area contributed by atoms with Crippen molar-refractivity contribution >= 4 is 17.5 Å². The number of hydrogen-bond acceptors (Lipinski definition) is 3. The van der Waals surface area contributed by atoms with Gasteiger partial charge >= 0.3 is 0 Å². The second-order valence-corrected chi connectivity index (χ2v) is 6.88. The van der Waals surface area contributed by atoms with E-state index in [1.54, 1.807) is 30.3 Å². The summed E-state index contributed by atoms with van der Waals surface area (Å²) in [5.41, 5.74) is 0.650. The van der Waals surface area contributed by atoms with E-state index < -0.39 is 0 Å². The van der Waals surface area contributed by atoms with Gasteiger partial charge in [-0.1, -0.05) is 23.7 Å². The molecule has 1 heterocycles. The molecule has 2 N–H and O–H groups in total. The van der Waals surface area contributed by atoms with Crippen molar-refractivity contribution in [2.45, 2.75) is 24.9 Å². The lowest BCUT2D eigenvalue weighted by Gasteiger charge is -2.23. The van der Waals surface area contributed by atoms with Gasteiger partial charge in [-0.05, 0) is 55.2 Å². The number of hydrogen-bond donors (Lipinski definition) is 2. The van der Waals surface area contributed by atoms with Crippen LogP contribution in [0.5, 0.6) is 11.5 Å². The van der Waals surface area contributed by atoms with E-state index in [0.717, 1.165) is 13.0 Å². The summed E-state index contributed by atoms with van der Waals surface area (Å²) in [6.45, 7) is 1.01. The maximum Gasteiger partial charge on any atom is 0.251 e. The molecule has 4 rings (SSSR count). The monoisotopic (exact) mass is 342 g/mol. The normalized spacial score (nSPS) is 24.8. The summed E-state index contributed by atoms with van der Waals surface area (Å²) in [4.78, 5) is 12.4. The molecule has 2 bridgehead atoms. The summed E-state index contributed by atoms with van der Waals surface area (Å²) < 4.78 is 5.75. The number of fused-ring (bicyclic) bond motifs is 2. The molecule has 5 heteroatoms. The van der Waals surface area contributed by atoms with Gasteiger partial charge in [0.05, 0.1) is 5.02 Å². The molecular formula is C19H19ClN2O2. The van der Waals surface area contributed by atoms with Crippen LogP contribution in [0.15, 0.2) is 48.5 Å². The summed E-state index contributed by atoms with van der Waals surface area (Å²) in [5, 5.41) is 7.18. The maximum atomic E-state index is 12.4. The van der Waals surface area contributed by atoms with Crippen LogP contribution < -0.4 is 15.4 Å². The largest absolute Gasteiger partial charge is 0.456 e. The molecular weight excluding hydrogens is 324 g/mol. The first-order valence-electron chi connectivity index (χ1n) is 8.26. The van der Waals surface area contributed by atoms with Crippen molar-refractivity contribution in [2.24, 2.45) is 5.92 Å². The van der Waals surface area contributed by atoms with Crippen LogP contribution in [0.3, 0.4) is 0 Å². The van der Waals surface area contributed by atoms with E-state index >= 15 is 0 Å². The Morgan fingerprint density at radius 3 is 2.58 bits per heavy atom. The molecule has 1 aliphatic heterocycles. The van der Waals surface area contributed by atoms with Gasteiger partial charge in [-0.25, -0.2) is 0 Å². The number of halogens is 1. The molecule has 4 nitrogen and oxygen atoms in total. The highest BCUT2D eigenvalue weighted by Gasteiger charge is 2.40. The van der Waals surface area contributed by atoms with Gasteiger partial charge in [0.2, 0.25) is 0 Å². The maximum absolute atomic E-state index is 12.4. The molecule has 2 aromatic carbocycles. The van der Waals surface area contributed by atoms with Crippen molar-refractivity contribution in [1.29, 1.82) is 0 Å². The minimum atomic E-state index is -0.0168. The predicted molar refractivity (Wildman–Crippen MR) is 93.7 cm³/mol. The van der Waals surface area contributed by atoms with Crippen molar-refractivity contribution in [3.05, 3.63) is 59.1 Å². The third-order valence-corrected chi connectivity index (χ3v) is 5.17. The number of nitrogens with one attached hydrogen (secondary N) is 2. The number of para-hydroxylation sites is 1. The number of rotatable bonds is 4. The molecule has 2 aliphatic rings. The molecule has 1 amide bonds. The van der Waals surface area contributed by atoms with E-state index in [1.165, 1.54) is 6.42 Å². The van der Waals surface area contributed by atoms with Crippen LogP contribution in [-0.4, -0.2) is 24.5 Å². The highest BCUT2D eigenvalue weighted by atomic mass is 35.5. The molecule has 3 unspecified atom stereocenters. The zero-order valence-corrected chi connectivity index (χ0v) is 13.9. The molecule has 0 spiro atoms. The fraction of sp³-hybridized carbons (Fsp3) is 0.316. The van der Waals surface area contributed by atoms with Crippen molar-refractivity contribution in [1.82, 2.24) is 10.6 Å². The van der Waals surface area contributed by atoms with E-state index in [0.29, 0.717) is 40.1 Å². The van der Waals surface area contributed by atoms with Gasteiger partial charge in [0.25, 0.3) is 5.91 Å². The standard InChI is InChI=1S/C19H19ClN2O2/c20-16-3-1-2-4-18(16)24-15-7-5-12(6-8-15)19(23)22-17-10-14-9-13(17)11-21-14/h1-8,13-14,17,21H,9-11H2,(H,22,23). The van der Waals surface area contributed by atoms with Crippen LogP contribution in [0.2, 0.25) is 5.02 Å². The average molecular weight is 343 g/mol. The lowest BCUT2D eigenvalue weighted by atomic mass is 10.0. The van der Waals surface area contributed by atoms with Crippen molar-refractivity contribution in [3.63, 3.8) is 0 Å². The first-order valence-corrected chi connectivity index (χ1v) is 8.63. The third-order valence-electron chi connectivity index (χ3n) is 4.86. The summed E-state index contributed by atoms with van der Waals surface area (Å²) in [7, 11) is 0. The topological polar surface area (TPSA) is 50.4 Å². The second kappa shape index (κ2) is 6.46. The zero-order chi connectivity index (χ0) is 16.5. The first-order chi connectivity index (χ1) is 11.7. The molecule has 2 fully saturated rings. The fourth-order valence-electron chi connectivity index (χ4n) is 3.59. The number of ether oxygens (including phenoxy) is 1. The molecule has 124 valence electrons. The van der Waals surface area contributed by atoms with Gasteiger partial charge in [-0.3, -0.25) is 4.79 Å². The first kappa shape index (κ1) is 15.5. The van der Waals surface area contributed by atoms with E-state index in [4.69, 9.17) is 16.3 Å². The van der Waals surface area contributed by atoms with E-state index in [2.05, 4.69) is 10.6 Å². The van der Waals surface area contributed by atoms with Crippen LogP contribution >= 0.6 is 11.6 Å². The lowest BCUT2D eigenvalue weighted by Crippen LogP contribution is -2.44. The van der Waals surface area contributed by atoms with Gasteiger partial charge in [-0.15, -0.1) is 0 Å². The second-order valence-electron chi connectivity index (χ2n) is 6.47. The molecule has 2 aromatic rings. The molecule has 0 radical (unpaired) electrons. The highest BCUT2D eigenvalue weighted by Crippen LogP contribution is 2.32. The molecule has 3 atom stereocenters. The van der Waals surface area contributed by atoms with Gasteiger partial charge in [0.1, 0.15) is 11.5 Å². The Hall–Kier alpha value is -2.04. The van der Waals surface area contributed by atoms with Crippen LogP contribution in [0.25, 0.3) is 0 Å². The predicted octanol–water partition coefficient (Wildman–Crippen LogP) is 3.61. The summed E-state index contributed by atoms with van der Waals surface area (Å²) in [6, 6.07) is 15.3. The van der Waals surface area contributed by atoms with Gasteiger partial charge < -0.3 is 15.4 Å². The van der Waals surface area contributed by atoms with Crippen molar-refractivity contribution in [3.8, 4) is 11.5 Å². The molecule has 0 aromatic heterocycles. The Bertz CT molecular complexity index is 747. The van der Waals surface area contributed by atoms with Crippen LogP contribution in [0.1, 0.15) is 23.2 Å². The summed E-state index contributed by atoms with van der Waals surface area (Å²) >= 11 is 6.09. The van der Waals surface area contributed by atoms with Crippen molar-refractivity contribution in [2.75, 3.05) is 6.54 Å². The Labute approximate surface area is 146 Å². The van der Waals surface area contributed by atoms with Crippen LogP contribution in [0, 0.1) is 5.92 Å². The molecule has 1 saturated heterocycles. The lowest BCUT2D eigenvalue weighted by molar-refractivity contribution is 0.0925. The van der Waals surface area contributed by atoms with Gasteiger partial charge in [0.15, 0.2) is 0 Å². The Balaban J connectivity index is 1.40. The Morgan fingerprint density at radius 2 is 1.92 bits per heavy atom. The quantitative estimate of drug-likeness (QED) is 0.892. The Morgan fingerprint density at radius 1 is 1.12 bits per heavy atom. The highest BCUT2D eigenvalue weighted by molar-refractivity contribution is 6.32. The zero-order valence-electron chi connectivity index (χ0n) is 13.2. The van der Waals surface area contributed by atoms with Gasteiger partial charge in [0, 0.05) is 24.2 Å². The number of carbonyl (C=O) groups excluding carboxylic acids is 1. The van der Waals surface area contributed by atoms with E-state index in [-0.39, 0.29) is 5.91 Å². The van der Waals surface area contributed by atoms with Gasteiger partial charge in [-0.2, -0.15) is 0 Å². The minimum Gasteiger partial charge on any atom is -0.456 e. The molecule has 1 aliphatic carbocycles. The number of amides is 1. The smallest absolute Gasteiger partial charge is 0.251 e. The van der Waals surface area contributed by atoms with Crippen LogP contribution in [-0.2, 0) is 0 Å². The third kappa shape index (κ3) is 3.12. The SMILES string of the molecule is O=C(NC1CC2CC1CN2)c1ccc(Oc2ccccc2Cl)cc1. The van der Waals surface area contributed by atoms with Crippen LogP contribution in [0.4, 0.5) is 0 Å².